The van der Waals surface area contributed by atoms with Crippen LogP contribution in [-0.2, 0) is 4.74 Å². The molecule has 0 aromatic rings. The molecule has 1 nitrogen and oxygen atoms in total. The van der Waals surface area contributed by atoms with Crippen LogP contribution in [0, 0.1) is 9.85 Å². The molecule has 0 saturated carbocycles. The Morgan fingerprint density at radius 1 is 1.40 bits per heavy atom. The van der Waals surface area contributed by atoms with Crippen LogP contribution in [0.15, 0.2) is 0 Å². The van der Waals surface area contributed by atoms with Crippen molar-refractivity contribution in [3.05, 3.63) is 0 Å². The standard InChI is InChI=1S/C8H13IO/c1-2-3-4-7-10-8-5-6-9/h2-4,7-8H2,1H3. The topological polar surface area (TPSA) is 9.23 Å². The SMILES string of the molecule is CCCCCOCC#CI. The predicted molar refractivity (Wildman–Crippen MR) is 52.1 cm³/mol. The van der Waals surface area contributed by atoms with Crippen molar-refractivity contribution in [1.82, 2.24) is 0 Å². The molecule has 0 spiro atoms. The highest BCUT2D eigenvalue weighted by Crippen LogP contribution is 1.93. The fourth-order valence-corrected chi connectivity index (χ4v) is 0.760. The monoisotopic (exact) mass is 252 g/mol. The summed E-state index contributed by atoms with van der Waals surface area (Å²) in [6.45, 7) is 3.64. The number of halogens is 1. The zero-order valence-corrected chi connectivity index (χ0v) is 8.48. The van der Waals surface area contributed by atoms with Gasteiger partial charge in [-0.05, 0) is 10.3 Å². The second-order valence-corrected chi connectivity index (χ2v) is 2.57. The van der Waals surface area contributed by atoms with Crippen LogP contribution < -0.4 is 0 Å². The van der Waals surface area contributed by atoms with Gasteiger partial charge in [-0.2, -0.15) is 0 Å². The molecule has 0 aliphatic carbocycles. The van der Waals surface area contributed by atoms with E-state index < -0.39 is 0 Å². The molecule has 0 fully saturated rings. The van der Waals surface area contributed by atoms with Crippen LogP contribution in [0.1, 0.15) is 26.2 Å². The number of unbranched alkanes of at least 4 members (excludes halogenated alkanes) is 2. The summed E-state index contributed by atoms with van der Waals surface area (Å²) in [7, 11) is 0. The molecule has 0 rings (SSSR count). The van der Waals surface area contributed by atoms with Gasteiger partial charge in [0.05, 0.1) is 0 Å². The summed E-state index contributed by atoms with van der Waals surface area (Å²) >= 11 is 2.01. The maximum atomic E-state index is 5.20. The van der Waals surface area contributed by atoms with Gasteiger partial charge in [-0.15, -0.1) is 0 Å². The highest BCUT2D eigenvalue weighted by Gasteiger charge is 1.84. The van der Waals surface area contributed by atoms with Crippen LogP contribution in [0.2, 0.25) is 0 Å². The first kappa shape index (κ1) is 10.2. The average molecular weight is 252 g/mol. The van der Waals surface area contributed by atoms with Gasteiger partial charge in [-0.25, -0.2) is 0 Å². The van der Waals surface area contributed by atoms with Crippen LogP contribution in [0.3, 0.4) is 0 Å². The van der Waals surface area contributed by atoms with Gasteiger partial charge in [0.1, 0.15) is 6.61 Å². The second-order valence-electron chi connectivity index (χ2n) is 2.03. The Hall–Kier alpha value is 0.250. The maximum Gasteiger partial charge on any atom is 0.108 e. The van der Waals surface area contributed by atoms with E-state index in [0.29, 0.717) is 6.61 Å². The molecule has 0 N–H and O–H groups in total. The molecule has 0 aromatic carbocycles. The van der Waals surface area contributed by atoms with Crippen molar-refractivity contribution in [2.24, 2.45) is 0 Å². The molecule has 0 heterocycles. The summed E-state index contributed by atoms with van der Waals surface area (Å²) in [5.41, 5.74) is 0. The Balaban J connectivity index is 2.82. The summed E-state index contributed by atoms with van der Waals surface area (Å²) in [6, 6.07) is 0. The second kappa shape index (κ2) is 9.25. The van der Waals surface area contributed by atoms with E-state index in [2.05, 4.69) is 16.8 Å². The first-order chi connectivity index (χ1) is 4.91. The summed E-state index contributed by atoms with van der Waals surface area (Å²) in [6.07, 6.45) is 3.68. The molecule has 58 valence electrons. The minimum atomic E-state index is 0.590. The summed E-state index contributed by atoms with van der Waals surface area (Å²) in [4.78, 5) is 0. The van der Waals surface area contributed by atoms with E-state index in [-0.39, 0.29) is 0 Å². The van der Waals surface area contributed by atoms with Crippen molar-refractivity contribution >= 4 is 22.6 Å². The maximum absolute atomic E-state index is 5.20. The van der Waals surface area contributed by atoms with Crippen LogP contribution in [0.5, 0.6) is 0 Å². The van der Waals surface area contributed by atoms with Crippen molar-refractivity contribution in [3.8, 4) is 9.85 Å². The molecular formula is C8H13IO. The van der Waals surface area contributed by atoms with Crippen molar-refractivity contribution in [2.75, 3.05) is 13.2 Å². The van der Waals surface area contributed by atoms with E-state index >= 15 is 0 Å². The predicted octanol–water partition coefficient (Wildman–Crippen LogP) is 2.59. The normalized spacial score (nSPS) is 8.60. The van der Waals surface area contributed by atoms with Gasteiger partial charge < -0.3 is 4.74 Å². The Bertz CT molecular complexity index is 112. The van der Waals surface area contributed by atoms with Crippen LogP contribution in [0.4, 0.5) is 0 Å². The minimum Gasteiger partial charge on any atom is -0.369 e. The first-order valence-electron chi connectivity index (χ1n) is 3.58. The van der Waals surface area contributed by atoms with Crippen LogP contribution >= 0.6 is 22.6 Å². The first-order valence-corrected chi connectivity index (χ1v) is 4.66. The number of ether oxygens (including phenoxy) is 1. The number of rotatable bonds is 5. The summed E-state index contributed by atoms with van der Waals surface area (Å²) in [5, 5.41) is 0. The Morgan fingerprint density at radius 2 is 2.20 bits per heavy atom. The van der Waals surface area contributed by atoms with Crippen molar-refractivity contribution in [3.63, 3.8) is 0 Å². The Morgan fingerprint density at radius 3 is 2.80 bits per heavy atom. The van der Waals surface area contributed by atoms with E-state index in [9.17, 15) is 0 Å². The Labute approximate surface area is 76.7 Å². The highest BCUT2D eigenvalue weighted by molar-refractivity contribution is 14.1. The van der Waals surface area contributed by atoms with Gasteiger partial charge in [0.25, 0.3) is 0 Å². The molecule has 0 unspecified atom stereocenters. The van der Waals surface area contributed by atoms with Crippen LogP contribution in [0.25, 0.3) is 0 Å². The van der Waals surface area contributed by atoms with E-state index in [1.54, 1.807) is 0 Å². The molecule has 0 aromatic heterocycles. The summed E-state index contributed by atoms with van der Waals surface area (Å²) < 4.78 is 7.95. The van der Waals surface area contributed by atoms with E-state index in [0.717, 1.165) is 6.61 Å². The van der Waals surface area contributed by atoms with Gasteiger partial charge in [0.2, 0.25) is 0 Å². The fourth-order valence-electron chi connectivity index (χ4n) is 0.605. The third kappa shape index (κ3) is 8.25. The van der Waals surface area contributed by atoms with Gasteiger partial charge >= 0.3 is 0 Å². The molecule has 2 heteroatoms. The lowest BCUT2D eigenvalue weighted by atomic mass is 10.3. The van der Waals surface area contributed by atoms with E-state index in [1.165, 1.54) is 19.3 Å². The fraction of sp³-hybridized carbons (Fsp3) is 0.750. The van der Waals surface area contributed by atoms with Gasteiger partial charge in [0, 0.05) is 29.2 Å². The molecule has 0 aliphatic heterocycles. The smallest absolute Gasteiger partial charge is 0.108 e. The van der Waals surface area contributed by atoms with Crippen molar-refractivity contribution in [1.29, 1.82) is 0 Å². The quantitative estimate of drug-likeness (QED) is 0.415. The summed E-state index contributed by atoms with van der Waals surface area (Å²) in [5.74, 6) is 2.84. The molecular weight excluding hydrogens is 239 g/mol. The average Bonchev–Trinajstić information content (AvgIpc) is 1.97. The third-order valence-corrected chi connectivity index (χ3v) is 1.51. The lowest BCUT2D eigenvalue weighted by Crippen LogP contribution is -1.93. The number of hydrogen-bond donors (Lipinski definition) is 0. The highest BCUT2D eigenvalue weighted by atomic mass is 127. The molecule has 0 saturated heterocycles. The third-order valence-electron chi connectivity index (χ3n) is 1.13. The largest absolute Gasteiger partial charge is 0.369 e. The van der Waals surface area contributed by atoms with Gasteiger partial charge in [-0.3, -0.25) is 0 Å². The molecule has 0 atom stereocenters. The number of hydrogen-bond acceptors (Lipinski definition) is 1. The van der Waals surface area contributed by atoms with E-state index in [4.69, 9.17) is 4.74 Å². The van der Waals surface area contributed by atoms with Crippen molar-refractivity contribution < 1.29 is 4.74 Å². The molecule has 0 bridgehead atoms. The molecule has 0 amide bonds. The Kier molecular flexibility index (Phi) is 9.48. The van der Waals surface area contributed by atoms with Crippen molar-refractivity contribution in [2.45, 2.75) is 26.2 Å². The zero-order chi connectivity index (χ0) is 7.66. The molecule has 0 radical (unpaired) electrons. The molecule has 0 aliphatic rings. The van der Waals surface area contributed by atoms with Gasteiger partial charge in [-0.1, -0.05) is 25.7 Å². The van der Waals surface area contributed by atoms with Crippen LogP contribution in [-0.4, -0.2) is 13.2 Å². The lowest BCUT2D eigenvalue weighted by Gasteiger charge is -1.96. The molecule has 10 heavy (non-hydrogen) atoms. The van der Waals surface area contributed by atoms with E-state index in [1.807, 2.05) is 22.6 Å². The minimum absolute atomic E-state index is 0.590. The lowest BCUT2D eigenvalue weighted by molar-refractivity contribution is 0.162. The zero-order valence-electron chi connectivity index (χ0n) is 6.32. The van der Waals surface area contributed by atoms with Gasteiger partial charge in [0.15, 0.2) is 0 Å².